The summed E-state index contributed by atoms with van der Waals surface area (Å²) in [5, 5.41) is 3.14. The summed E-state index contributed by atoms with van der Waals surface area (Å²) >= 11 is 6.01. The number of anilines is 1. The van der Waals surface area contributed by atoms with E-state index in [1.165, 1.54) is 0 Å². The Bertz CT molecular complexity index is 591. The summed E-state index contributed by atoms with van der Waals surface area (Å²) in [6.45, 7) is 3.91. The largest absolute Gasteiger partial charge is 0.319 e. The number of rotatable bonds is 3. The second-order valence-electron chi connectivity index (χ2n) is 4.26. The van der Waals surface area contributed by atoms with Crippen LogP contribution in [0.4, 0.5) is 5.69 Å². The Kier molecular flexibility index (Phi) is 4.17. The highest BCUT2D eigenvalue weighted by Crippen LogP contribution is 2.23. The van der Waals surface area contributed by atoms with Crippen molar-refractivity contribution in [2.24, 2.45) is 0 Å². The highest BCUT2D eigenvalue weighted by molar-refractivity contribution is 6.32. The molecule has 1 amide bonds. The van der Waals surface area contributed by atoms with Gasteiger partial charge >= 0.3 is 0 Å². The number of carbonyl (C=O) groups excluding carboxylic acids is 1. The predicted molar refractivity (Wildman–Crippen MR) is 77.8 cm³/mol. The van der Waals surface area contributed by atoms with E-state index in [2.05, 4.69) is 10.3 Å². The molecular formula is C15H15ClN2O. The van der Waals surface area contributed by atoms with E-state index in [1.54, 1.807) is 6.20 Å². The lowest BCUT2D eigenvalue weighted by molar-refractivity contribution is 0.102. The summed E-state index contributed by atoms with van der Waals surface area (Å²) in [5.41, 5.74) is 3.14. The van der Waals surface area contributed by atoms with Crippen LogP contribution in [0.15, 0.2) is 36.5 Å². The number of hydrogen-bond acceptors (Lipinski definition) is 2. The maximum absolute atomic E-state index is 12.3. The molecule has 1 N–H and O–H groups in total. The number of halogens is 1. The SMILES string of the molecule is CCc1ccccc1C(=O)Nc1c(C)ccnc1Cl. The Morgan fingerprint density at radius 2 is 2.05 bits per heavy atom. The number of nitrogens with zero attached hydrogens (tertiary/aromatic N) is 1. The molecule has 0 aliphatic carbocycles. The molecule has 0 aliphatic heterocycles. The molecule has 2 rings (SSSR count). The summed E-state index contributed by atoms with van der Waals surface area (Å²) in [4.78, 5) is 16.3. The number of hydrogen-bond donors (Lipinski definition) is 1. The maximum atomic E-state index is 12.3. The monoisotopic (exact) mass is 274 g/mol. The molecule has 0 spiro atoms. The van der Waals surface area contributed by atoms with Crippen LogP contribution < -0.4 is 5.32 Å². The molecule has 0 unspecified atom stereocenters. The number of amides is 1. The lowest BCUT2D eigenvalue weighted by atomic mass is 10.0. The van der Waals surface area contributed by atoms with E-state index < -0.39 is 0 Å². The molecule has 1 aromatic heterocycles. The van der Waals surface area contributed by atoms with Crippen molar-refractivity contribution >= 4 is 23.2 Å². The Labute approximate surface area is 117 Å². The van der Waals surface area contributed by atoms with Crippen LogP contribution in [0.5, 0.6) is 0 Å². The van der Waals surface area contributed by atoms with Crippen LogP contribution in [0, 0.1) is 6.92 Å². The minimum Gasteiger partial charge on any atom is -0.319 e. The third-order valence-electron chi connectivity index (χ3n) is 2.99. The smallest absolute Gasteiger partial charge is 0.256 e. The van der Waals surface area contributed by atoms with Gasteiger partial charge in [-0.05, 0) is 36.6 Å². The van der Waals surface area contributed by atoms with Gasteiger partial charge in [-0.15, -0.1) is 0 Å². The van der Waals surface area contributed by atoms with Gasteiger partial charge in [0.1, 0.15) is 0 Å². The van der Waals surface area contributed by atoms with E-state index in [-0.39, 0.29) is 5.91 Å². The summed E-state index contributed by atoms with van der Waals surface area (Å²) in [7, 11) is 0. The van der Waals surface area contributed by atoms with Gasteiger partial charge in [0.15, 0.2) is 5.15 Å². The average Bonchev–Trinajstić information content (AvgIpc) is 2.42. The molecule has 19 heavy (non-hydrogen) atoms. The first kappa shape index (κ1) is 13.6. The van der Waals surface area contributed by atoms with Crippen molar-refractivity contribution in [3.05, 3.63) is 58.4 Å². The summed E-state index contributed by atoms with van der Waals surface area (Å²) in [5.74, 6) is -0.157. The van der Waals surface area contributed by atoms with Crippen LogP contribution in [0.2, 0.25) is 5.15 Å². The van der Waals surface area contributed by atoms with E-state index in [9.17, 15) is 4.79 Å². The maximum Gasteiger partial charge on any atom is 0.256 e. The molecule has 4 heteroatoms. The van der Waals surface area contributed by atoms with E-state index in [1.807, 2.05) is 44.2 Å². The zero-order valence-corrected chi connectivity index (χ0v) is 11.7. The highest BCUT2D eigenvalue weighted by atomic mass is 35.5. The molecule has 98 valence electrons. The second kappa shape index (κ2) is 5.85. The van der Waals surface area contributed by atoms with Crippen molar-refractivity contribution in [2.75, 3.05) is 5.32 Å². The van der Waals surface area contributed by atoms with Crippen LogP contribution in [0.25, 0.3) is 0 Å². The van der Waals surface area contributed by atoms with Gasteiger partial charge in [-0.25, -0.2) is 4.98 Å². The second-order valence-corrected chi connectivity index (χ2v) is 4.62. The molecule has 2 aromatic rings. The third kappa shape index (κ3) is 2.93. The van der Waals surface area contributed by atoms with Gasteiger partial charge in [0.2, 0.25) is 0 Å². The van der Waals surface area contributed by atoms with Crippen LogP contribution >= 0.6 is 11.6 Å². The molecule has 0 saturated carbocycles. The number of aryl methyl sites for hydroxylation is 2. The van der Waals surface area contributed by atoms with Gasteiger partial charge in [0.05, 0.1) is 5.69 Å². The quantitative estimate of drug-likeness (QED) is 0.864. The fraction of sp³-hybridized carbons (Fsp3) is 0.200. The number of pyridine rings is 1. The van der Waals surface area contributed by atoms with Gasteiger partial charge in [-0.2, -0.15) is 0 Å². The van der Waals surface area contributed by atoms with Crippen LogP contribution in [-0.4, -0.2) is 10.9 Å². The van der Waals surface area contributed by atoms with E-state index in [0.29, 0.717) is 16.4 Å². The Morgan fingerprint density at radius 1 is 1.32 bits per heavy atom. The molecular weight excluding hydrogens is 260 g/mol. The Balaban J connectivity index is 2.31. The number of benzene rings is 1. The van der Waals surface area contributed by atoms with Crippen molar-refractivity contribution in [3.8, 4) is 0 Å². The van der Waals surface area contributed by atoms with Gasteiger partial charge in [0.25, 0.3) is 5.91 Å². The fourth-order valence-electron chi connectivity index (χ4n) is 1.91. The third-order valence-corrected chi connectivity index (χ3v) is 3.28. The topological polar surface area (TPSA) is 42.0 Å². The molecule has 3 nitrogen and oxygen atoms in total. The molecule has 0 atom stereocenters. The summed E-state index contributed by atoms with van der Waals surface area (Å²) in [6.07, 6.45) is 2.43. The van der Waals surface area contributed by atoms with Crippen LogP contribution in [0.3, 0.4) is 0 Å². The molecule has 0 radical (unpaired) electrons. The minimum absolute atomic E-state index is 0.157. The van der Waals surface area contributed by atoms with Crippen molar-refractivity contribution in [2.45, 2.75) is 20.3 Å². The summed E-state index contributed by atoms with van der Waals surface area (Å²) < 4.78 is 0. The molecule has 0 fully saturated rings. The molecule has 1 heterocycles. The predicted octanol–water partition coefficient (Wildman–Crippen LogP) is 3.86. The lowest BCUT2D eigenvalue weighted by Gasteiger charge is -2.11. The zero-order chi connectivity index (χ0) is 13.8. The number of carbonyl (C=O) groups is 1. The first-order valence-corrected chi connectivity index (χ1v) is 6.51. The minimum atomic E-state index is -0.157. The van der Waals surface area contributed by atoms with Gasteiger partial charge < -0.3 is 5.32 Å². The first-order chi connectivity index (χ1) is 9.13. The fourth-order valence-corrected chi connectivity index (χ4v) is 2.16. The molecule has 1 aromatic carbocycles. The van der Waals surface area contributed by atoms with Crippen molar-refractivity contribution in [1.29, 1.82) is 0 Å². The first-order valence-electron chi connectivity index (χ1n) is 6.13. The van der Waals surface area contributed by atoms with Gasteiger partial charge in [-0.1, -0.05) is 36.7 Å². The lowest BCUT2D eigenvalue weighted by Crippen LogP contribution is -2.15. The number of aromatic nitrogens is 1. The van der Waals surface area contributed by atoms with Gasteiger partial charge in [-0.3, -0.25) is 4.79 Å². The Hall–Kier alpha value is -1.87. The normalized spacial score (nSPS) is 10.3. The van der Waals surface area contributed by atoms with Gasteiger partial charge in [0, 0.05) is 11.8 Å². The standard InChI is InChI=1S/C15H15ClN2O/c1-3-11-6-4-5-7-12(11)15(19)18-13-10(2)8-9-17-14(13)16/h4-9H,3H2,1-2H3,(H,18,19). The van der Waals surface area contributed by atoms with Crippen molar-refractivity contribution in [3.63, 3.8) is 0 Å². The van der Waals surface area contributed by atoms with Crippen LogP contribution in [0.1, 0.15) is 28.4 Å². The molecule has 0 bridgehead atoms. The van der Waals surface area contributed by atoms with E-state index >= 15 is 0 Å². The van der Waals surface area contributed by atoms with E-state index in [4.69, 9.17) is 11.6 Å². The van der Waals surface area contributed by atoms with E-state index in [0.717, 1.165) is 17.5 Å². The zero-order valence-electron chi connectivity index (χ0n) is 10.9. The average molecular weight is 275 g/mol. The highest BCUT2D eigenvalue weighted by Gasteiger charge is 2.13. The van der Waals surface area contributed by atoms with Crippen molar-refractivity contribution < 1.29 is 4.79 Å². The van der Waals surface area contributed by atoms with Crippen LogP contribution in [-0.2, 0) is 6.42 Å². The molecule has 0 saturated heterocycles. The Morgan fingerprint density at radius 3 is 2.74 bits per heavy atom. The van der Waals surface area contributed by atoms with Crippen molar-refractivity contribution in [1.82, 2.24) is 4.98 Å². The molecule has 0 aliphatic rings. The number of nitrogens with one attached hydrogen (secondary N) is 1. The summed E-state index contributed by atoms with van der Waals surface area (Å²) in [6, 6.07) is 9.36.